The van der Waals surface area contributed by atoms with Gasteiger partial charge in [-0.1, -0.05) is 6.92 Å². The molecule has 1 aliphatic rings. The molecule has 1 aliphatic carbocycles. The third-order valence-electron chi connectivity index (χ3n) is 2.42. The van der Waals surface area contributed by atoms with Crippen molar-refractivity contribution in [3.63, 3.8) is 0 Å². The summed E-state index contributed by atoms with van der Waals surface area (Å²) in [4.78, 5) is 4.55. The number of nitriles is 1. The van der Waals surface area contributed by atoms with E-state index in [1.807, 2.05) is 6.07 Å². The fourth-order valence-corrected chi connectivity index (χ4v) is 2.49. The summed E-state index contributed by atoms with van der Waals surface area (Å²) in [6, 6.07) is 4.25. The van der Waals surface area contributed by atoms with Crippen LogP contribution in [0.2, 0.25) is 0 Å². The quantitative estimate of drug-likeness (QED) is 0.695. The summed E-state index contributed by atoms with van der Waals surface area (Å²) >= 11 is 1.66. The summed E-state index contributed by atoms with van der Waals surface area (Å²) in [6.45, 7) is 2.08. The van der Waals surface area contributed by atoms with Crippen LogP contribution in [0.15, 0.2) is 11.1 Å². The predicted molar refractivity (Wildman–Crippen MR) is 57.4 cm³/mol. The average molecular weight is 204 g/mol. The normalized spacial score (nSPS) is 13.7. The molecule has 2 nitrogen and oxygen atoms in total. The number of thioether (sulfide) groups is 1. The number of fused-ring (bicyclic) bond motifs is 1. The number of aryl methyl sites for hydroxylation is 2. The van der Waals surface area contributed by atoms with Gasteiger partial charge in [-0.15, -0.1) is 11.8 Å². The first-order valence-electron chi connectivity index (χ1n) is 4.91. The number of hydrogen-bond acceptors (Lipinski definition) is 3. The van der Waals surface area contributed by atoms with Crippen LogP contribution >= 0.6 is 11.8 Å². The van der Waals surface area contributed by atoms with Crippen molar-refractivity contribution in [3.05, 3.63) is 22.9 Å². The Morgan fingerprint density at radius 2 is 2.43 bits per heavy atom. The summed E-state index contributed by atoms with van der Waals surface area (Å²) in [6.07, 6.45) is 3.36. The van der Waals surface area contributed by atoms with E-state index >= 15 is 0 Å². The summed E-state index contributed by atoms with van der Waals surface area (Å²) < 4.78 is 0. The molecular formula is C11H12N2S. The molecule has 0 unspecified atom stereocenters. The predicted octanol–water partition coefficient (Wildman–Crippen LogP) is 2.55. The lowest BCUT2D eigenvalue weighted by molar-refractivity contribution is 0.891. The van der Waals surface area contributed by atoms with Gasteiger partial charge in [0.2, 0.25) is 0 Å². The van der Waals surface area contributed by atoms with Crippen LogP contribution in [-0.4, -0.2) is 10.7 Å². The Morgan fingerprint density at radius 3 is 3.14 bits per heavy atom. The lowest BCUT2D eigenvalue weighted by Gasteiger charge is -2.04. The van der Waals surface area contributed by atoms with Gasteiger partial charge in [0.1, 0.15) is 11.1 Å². The monoisotopic (exact) mass is 204 g/mol. The molecule has 0 atom stereocenters. The molecule has 0 amide bonds. The Kier molecular flexibility index (Phi) is 2.74. The first-order chi connectivity index (χ1) is 6.85. The topological polar surface area (TPSA) is 36.7 Å². The molecular weight excluding hydrogens is 192 g/mol. The van der Waals surface area contributed by atoms with Gasteiger partial charge in [0.05, 0.1) is 5.56 Å². The van der Waals surface area contributed by atoms with E-state index in [0.29, 0.717) is 0 Å². The maximum Gasteiger partial charge on any atom is 0.114 e. The van der Waals surface area contributed by atoms with Crippen molar-refractivity contribution in [1.82, 2.24) is 4.98 Å². The molecule has 0 saturated heterocycles. The van der Waals surface area contributed by atoms with Crippen LogP contribution in [0.3, 0.4) is 0 Å². The number of aromatic nitrogens is 1. The highest BCUT2D eigenvalue weighted by Gasteiger charge is 2.15. The molecule has 0 fully saturated rings. The highest BCUT2D eigenvalue weighted by molar-refractivity contribution is 7.99. The highest BCUT2D eigenvalue weighted by Crippen LogP contribution is 2.27. The minimum atomic E-state index is 0.748. The van der Waals surface area contributed by atoms with Crippen LogP contribution in [0.1, 0.15) is 30.2 Å². The zero-order chi connectivity index (χ0) is 9.97. The molecule has 0 aromatic carbocycles. The molecule has 0 bridgehead atoms. The van der Waals surface area contributed by atoms with E-state index in [0.717, 1.165) is 29.2 Å². The number of nitrogens with zero attached hydrogens (tertiary/aromatic N) is 2. The van der Waals surface area contributed by atoms with Gasteiger partial charge in [-0.2, -0.15) is 5.26 Å². The van der Waals surface area contributed by atoms with Crippen molar-refractivity contribution in [2.24, 2.45) is 0 Å². The second kappa shape index (κ2) is 4.02. The average Bonchev–Trinajstić information content (AvgIpc) is 2.64. The molecule has 14 heavy (non-hydrogen) atoms. The fourth-order valence-electron chi connectivity index (χ4n) is 1.78. The van der Waals surface area contributed by atoms with Crippen LogP contribution in [0.4, 0.5) is 0 Å². The molecule has 0 spiro atoms. The standard InChI is InChI=1S/C11H12N2S/c1-2-14-11-9(7-12)6-8-4-3-5-10(8)13-11/h6H,2-5H2,1H3. The zero-order valence-electron chi connectivity index (χ0n) is 8.21. The smallest absolute Gasteiger partial charge is 0.114 e. The number of hydrogen-bond donors (Lipinski definition) is 0. The van der Waals surface area contributed by atoms with Gasteiger partial charge in [0, 0.05) is 5.69 Å². The van der Waals surface area contributed by atoms with Crippen molar-refractivity contribution in [2.75, 3.05) is 5.75 Å². The molecule has 0 N–H and O–H groups in total. The maximum absolute atomic E-state index is 8.97. The van der Waals surface area contributed by atoms with E-state index < -0.39 is 0 Å². The van der Waals surface area contributed by atoms with Crippen molar-refractivity contribution >= 4 is 11.8 Å². The number of pyridine rings is 1. The van der Waals surface area contributed by atoms with Crippen LogP contribution in [0, 0.1) is 11.3 Å². The molecule has 1 heterocycles. The maximum atomic E-state index is 8.97. The summed E-state index contributed by atoms with van der Waals surface area (Å²) in [5.74, 6) is 0.973. The van der Waals surface area contributed by atoms with Crippen molar-refractivity contribution in [3.8, 4) is 6.07 Å². The van der Waals surface area contributed by atoms with E-state index in [1.165, 1.54) is 17.7 Å². The van der Waals surface area contributed by atoms with Crippen LogP contribution in [0.25, 0.3) is 0 Å². The highest BCUT2D eigenvalue weighted by atomic mass is 32.2. The molecule has 2 rings (SSSR count). The van der Waals surface area contributed by atoms with E-state index in [-0.39, 0.29) is 0 Å². The Hall–Kier alpha value is -1.01. The largest absolute Gasteiger partial charge is 0.245 e. The van der Waals surface area contributed by atoms with Crippen molar-refractivity contribution in [1.29, 1.82) is 5.26 Å². The van der Waals surface area contributed by atoms with Gasteiger partial charge in [-0.3, -0.25) is 0 Å². The SMILES string of the molecule is CCSc1nc2c(cc1C#N)CCC2. The lowest BCUT2D eigenvalue weighted by atomic mass is 10.2. The molecule has 3 heteroatoms. The first kappa shape index (κ1) is 9.54. The van der Waals surface area contributed by atoms with E-state index in [2.05, 4.69) is 18.0 Å². The van der Waals surface area contributed by atoms with Crippen molar-refractivity contribution < 1.29 is 0 Å². The summed E-state index contributed by atoms with van der Waals surface area (Å²) in [5, 5.41) is 9.89. The summed E-state index contributed by atoms with van der Waals surface area (Å²) in [7, 11) is 0. The Labute approximate surface area is 88.4 Å². The van der Waals surface area contributed by atoms with Gasteiger partial charge in [0.25, 0.3) is 0 Å². The summed E-state index contributed by atoms with van der Waals surface area (Å²) in [5.41, 5.74) is 3.24. The van der Waals surface area contributed by atoms with Crippen LogP contribution < -0.4 is 0 Å². The first-order valence-corrected chi connectivity index (χ1v) is 5.89. The molecule has 0 saturated carbocycles. The van der Waals surface area contributed by atoms with Crippen molar-refractivity contribution in [2.45, 2.75) is 31.2 Å². The second-order valence-electron chi connectivity index (χ2n) is 3.35. The second-order valence-corrected chi connectivity index (χ2v) is 4.60. The number of rotatable bonds is 2. The van der Waals surface area contributed by atoms with E-state index in [4.69, 9.17) is 5.26 Å². The van der Waals surface area contributed by atoms with Crippen LogP contribution in [0.5, 0.6) is 0 Å². The molecule has 1 aromatic heterocycles. The Balaban J connectivity index is 2.45. The van der Waals surface area contributed by atoms with Gasteiger partial charge < -0.3 is 0 Å². The minimum Gasteiger partial charge on any atom is -0.245 e. The van der Waals surface area contributed by atoms with Gasteiger partial charge in [-0.05, 0) is 36.6 Å². The Bertz CT molecular complexity index is 393. The van der Waals surface area contributed by atoms with Gasteiger partial charge in [0.15, 0.2) is 0 Å². The molecule has 1 aromatic rings. The lowest BCUT2D eigenvalue weighted by Crippen LogP contribution is -1.94. The molecule has 72 valence electrons. The third-order valence-corrected chi connectivity index (χ3v) is 3.29. The molecule has 0 radical (unpaired) electrons. The third kappa shape index (κ3) is 1.62. The zero-order valence-corrected chi connectivity index (χ0v) is 9.02. The fraction of sp³-hybridized carbons (Fsp3) is 0.455. The minimum absolute atomic E-state index is 0.748. The van der Waals surface area contributed by atoms with Crippen LogP contribution in [-0.2, 0) is 12.8 Å². The Morgan fingerprint density at radius 1 is 1.57 bits per heavy atom. The van der Waals surface area contributed by atoms with Gasteiger partial charge in [-0.25, -0.2) is 4.98 Å². The van der Waals surface area contributed by atoms with E-state index in [1.54, 1.807) is 11.8 Å². The van der Waals surface area contributed by atoms with Gasteiger partial charge >= 0.3 is 0 Å². The molecule has 0 aliphatic heterocycles. The van der Waals surface area contributed by atoms with E-state index in [9.17, 15) is 0 Å².